The van der Waals surface area contributed by atoms with Crippen molar-refractivity contribution in [2.24, 2.45) is 0 Å². The molecule has 3 aromatic rings. The van der Waals surface area contributed by atoms with E-state index < -0.39 is 17.4 Å². The molecule has 0 saturated carbocycles. The lowest BCUT2D eigenvalue weighted by molar-refractivity contribution is -0.141. The van der Waals surface area contributed by atoms with E-state index in [1.165, 1.54) is 0 Å². The Kier molecular flexibility index (Phi) is 5.73. The molecule has 1 heterocycles. The van der Waals surface area contributed by atoms with E-state index in [0.29, 0.717) is 6.07 Å². The fourth-order valence-corrected chi connectivity index (χ4v) is 3.31. The van der Waals surface area contributed by atoms with Gasteiger partial charge in [-0.2, -0.15) is 13.2 Å². The van der Waals surface area contributed by atoms with E-state index >= 15 is 0 Å². The van der Waals surface area contributed by atoms with E-state index in [1.54, 1.807) is 0 Å². The summed E-state index contributed by atoms with van der Waals surface area (Å²) in [5, 5.41) is 4.66. The minimum atomic E-state index is -4.73. The standard InChI is InChI=1S/C19H16F3N3O2S/c1-11(13-7-6-12-4-2-3-5-14(12)8-13)23-17(27)10-28-18-24-15(19(20,21)22)9-16(26)25-18/h2-9,11H,10H2,1H3,(H,23,27)(H,24,25,26). The van der Waals surface area contributed by atoms with Gasteiger partial charge in [0.2, 0.25) is 5.91 Å². The van der Waals surface area contributed by atoms with Crippen LogP contribution in [-0.4, -0.2) is 21.6 Å². The lowest BCUT2D eigenvalue weighted by atomic mass is 10.0. The maximum atomic E-state index is 12.7. The number of nitrogens with zero attached hydrogens (tertiary/aromatic N) is 1. The Labute approximate surface area is 162 Å². The Morgan fingerprint density at radius 3 is 2.61 bits per heavy atom. The van der Waals surface area contributed by atoms with Gasteiger partial charge in [0.05, 0.1) is 11.8 Å². The third-order valence-corrected chi connectivity index (χ3v) is 4.87. The summed E-state index contributed by atoms with van der Waals surface area (Å²) < 4.78 is 38.1. The number of alkyl halides is 3. The van der Waals surface area contributed by atoms with Crippen molar-refractivity contribution in [1.29, 1.82) is 0 Å². The van der Waals surface area contributed by atoms with Gasteiger partial charge in [-0.05, 0) is 29.3 Å². The van der Waals surface area contributed by atoms with Crippen LogP contribution in [0.5, 0.6) is 0 Å². The van der Waals surface area contributed by atoms with E-state index in [-0.39, 0.29) is 22.9 Å². The summed E-state index contributed by atoms with van der Waals surface area (Å²) in [6.45, 7) is 1.82. The Hall–Kier alpha value is -2.81. The zero-order valence-electron chi connectivity index (χ0n) is 14.7. The summed E-state index contributed by atoms with van der Waals surface area (Å²) in [6, 6.07) is 13.8. The van der Waals surface area contributed by atoms with Crippen LogP contribution in [0.2, 0.25) is 0 Å². The Bertz CT molecular complexity index is 1070. The molecule has 2 N–H and O–H groups in total. The van der Waals surface area contributed by atoms with E-state index in [4.69, 9.17) is 0 Å². The molecule has 2 aromatic carbocycles. The summed E-state index contributed by atoms with van der Waals surface area (Å²) in [6.07, 6.45) is -4.73. The van der Waals surface area contributed by atoms with E-state index in [9.17, 15) is 22.8 Å². The van der Waals surface area contributed by atoms with Crippen molar-refractivity contribution in [2.45, 2.75) is 24.3 Å². The summed E-state index contributed by atoms with van der Waals surface area (Å²) >= 11 is 0.734. The summed E-state index contributed by atoms with van der Waals surface area (Å²) in [5.41, 5.74) is -1.30. The van der Waals surface area contributed by atoms with Crippen molar-refractivity contribution < 1.29 is 18.0 Å². The second-order valence-electron chi connectivity index (χ2n) is 6.12. The Balaban J connectivity index is 1.63. The van der Waals surface area contributed by atoms with Crippen molar-refractivity contribution in [2.75, 3.05) is 5.75 Å². The lowest BCUT2D eigenvalue weighted by Crippen LogP contribution is -2.28. The minimum Gasteiger partial charge on any atom is -0.349 e. The van der Waals surface area contributed by atoms with Crippen LogP contribution in [0.15, 0.2) is 58.5 Å². The van der Waals surface area contributed by atoms with Gasteiger partial charge in [-0.3, -0.25) is 9.59 Å². The van der Waals surface area contributed by atoms with Crippen molar-refractivity contribution in [3.63, 3.8) is 0 Å². The van der Waals surface area contributed by atoms with Gasteiger partial charge < -0.3 is 10.3 Å². The number of hydrogen-bond donors (Lipinski definition) is 2. The second-order valence-corrected chi connectivity index (χ2v) is 7.08. The molecule has 3 rings (SSSR count). The SMILES string of the molecule is CC(NC(=O)CSc1nc(C(F)(F)F)cc(=O)[nH]1)c1ccc2ccccc2c1. The van der Waals surface area contributed by atoms with Gasteiger partial charge in [-0.1, -0.05) is 48.2 Å². The van der Waals surface area contributed by atoms with Crippen LogP contribution in [0.1, 0.15) is 24.2 Å². The van der Waals surface area contributed by atoms with Crippen LogP contribution in [0.4, 0.5) is 13.2 Å². The number of halogens is 3. The number of hydrogen-bond acceptors (Lipinski definition) is 4. The number of aromatic amines is 1. The molecule has 1 unspecified atom stereocenters. The van der Waals surface area contributed by atoms with Crippen molar-refractivity contribution in [3.05, 3.63) is 70.1 Å². The van der Waals surface area contributed by atoms with Gasteiger partial charge in [0.1, 0.15) is 0 Å². The number of fused-ring (bicyclic) bond motifs is 1. The van der Waals surface area contributed by atoms with E-state index in [1.807, 2.05) is 49.4 Å². The van der Waals surface area contributed by atoms with Gasteiger partial charge in [-0.25, -0.2) is 4.98 Å². The highest BCUT2D eigenvalue weighted by Crippen LogP contribution is 2.27. The van der Waals surface area contributed by atoms with Gasteiger partial charge in [0.15, 0.2) is 10.9 Å². The summed E-state index contributed by atoms with van der Waals surface area (Å²) in [5.74, 6) is -0.562. The molecule has 1 aromatic heterocycles. The van der Waals surface area contributed by atoms with Crippen LogP contribution in [0, 0.1) is 0 Å². The number of amides is 1. The summed E-state index contributed by atoms with van der Waals surface area (Å²) in [7, 11) is 0. The molecule has 0 fully saturated rings. The fraction of sp³-hybridized carbons (Fsp3) is 0.211. The quantitative estimate of drug-likeness (QED) is 0.497. The first-order chi connectivity index (χ1) is 13.2. The topological polar surface area (TPSA) is 74.8 Å². The predicted octanol–water partition coefficient (Wildman–Crippen LogP) is 3.91. The molecule has 1 amide bonds. The molecule has 1 atom stereocenters. The van der Waals surface area contributed by atoms with Crippen LogP contribution in [0.3, 0.4) is 0 Å². The predicted molar refractivity (Wildman–Crippen MR) is 101 cm³/mol. The minimum absolute atomic E-state index is 0.178. The lowest BCUT2D eigenvalue weighted by Gasteiger charge is -2.15. The van der Waals surface area contributed by atoms with Crippen molar-refractivity contribution >= 4 is 28.4 Å². The number of thioether (sulfide) groups is 1. The first-order valence-electron chi connectivity index (χ1n) is 8.32. The highest BCUT2D eigenvalue weighted by molar-refractivity contribution is 7.99. The van der Waals surface area contributed by atoms with Gasteiger partial charge in [0, 0.05) is 6.07 Å². The molecule has 9 heteroatoms. The number of rotatable bonds is 5. The highest BCUT2D eigenvalue weighted by Gasteiger charge is 2.33. The molecule has 0 aliphatic carbocycles. The molecular formula is C19H16F3N3O2S. The number of carbonyl (C=O) groups is 1. The molecule has 28 heavy (non-hydrogen) atoms. The first-order valence-corrected chi connectivity index (χ1v) is 9.30. The van der Waals surface area contributed by atoms with Crippen LogP contribution < -0.4 is 10.9 Å². The third-order valence-electron chi connectivity index (χ3n) is 4.00. The van der Waals surface area contributed by atoms with Crippen molar-refractivity contribution in [3.8, 4) is 0 Å². The van der Waals surface area contributed by atoms with Crippen molar-refractivity contribution in [1.82, 2.24) is 15.3 Å². The zero-order valence-corrected chi connectivity index (χ0v) is 15.5. The molecule has 0 aliphatic heterocycles. The first kappa shape index (κ1) is 19.9. The molecule has 0 spiro atoms. The second kappa shape index (κ2) is 8.05. The van der Waals surface area contributed by atoms with Crippen LogP contribution >= 0.6 is 11.8 Å². The average Bonchev–Trinajstić information content (AvgIpc) is 2.65. The van der Waals surface area contributed by atoms with E-state index in [0.717, 1.165) is 28.1 Å². The largest absolute Gasteiger partial charge is 0.433 e. The fourth-order valence-electron chi connectivity index (χ4n) is 2.63. The normalized spacial score (nSPS) is 12.7. The third kappa shape index (κ3) is 4.92. The smallest absolute Gasteiger partial charge is 0.349 e. The zero-order chi connectivity index (χ0) is 20.3. The number of benzene rings is 2. The summed E-state index contributed by atoms with van der Waals surface area (Å²) in [4.78, 5) is 29.1. The Morgan fingerprint density at radius 1 is 1.18 bits per heavy atom. The maximum Gasteiger partial charge on any atom is 0.433 e. The van der Waals surface area contributed by atoms with Crippen LogP contribution in [0.25, 0.3) is 10.8 Å². The van der Waals surface area contributed by atoms with Gasteiger partial charge >= 0.3 is 6.18 Å². The molecule has 0 bridgehead atoms. The molecular weight excluding hydrogens is 391 g/mol. The van der Waals surface area contributed by atoms with Gasteiger partial charge in [0.25, 0.3) is 5.56 Å². The Morgan fingerprint density at radius 2 is 1.89 bits per heavy atom. The maximum absolute atomic E-state index is 12.7. The molecule has 0 radical (unpaired) electrons. The number of H-pyrrole nitrogens is 1. The number of nitrogens with one attached hydrogen (secondary N) is 2. The van der Waals surface area contributed by atoms with E-state index in [2.05, 4.69) is 15.3 Å². The molecule has 146 valence electrons. The highest BCUT2D eigenvalue weighted by atomic mass is 32.2. The monoisotopic (exact) mass is 407 g/mol. The van der Waals surface area contributed by atoms with Crippen LogP contribution in [-0.2, 0) is 11.0 Å². The van der Waals surface area contributed by atoms with Gasteiger partial charge in [-0.15, -0.1) is 0 Å². The molecule has 5 nitrogen and oxygen atoms in total. The molecule has 0 aliphatic rings. The molecule has 0 saturated heterocycles. The number of carbonyl (C=O) groups excluding carboxylic acids is 1. The number of aromatic nitrogens is 2. The average molecular weight is 407 g/mol.